The van der Waals surface area contributed by atoms with Crippen molar-refractivity contribution in [3.63, 3.8) is 0 Å². The second-order valence-electron chi connectivity index (χ2n) is 3.00. The van der Waals surface area contributed by atoms with E-state index in [1.807, 2.05) is 0 Å². The Bertz CT molecular complexity index is 252. The molecule has 0 radical (unpaired) electrons. The van der Waals surface area contributed by atoms with Crippen molar-refractivity contribution in [2.45, 2.75) is 18.3 Å². The van der Waals surface area contributed by atoms with Gasteiger partial charge in [0.25, 0.3) is 0 Å². The average molecular weight is 202 g/mol. The summed E-state index contributed by atoms with van der Waals surface area (Å²) < 4.78 is 49.7. The molecule has 0 bridgehead atoms. The predicted octanol–water partition coefficient (Wildman–Crippen LogP) is 0.724. The fraction of sp³-hybridized carbons (Fsp3) is 0.833. The topological polar surface area (TPSA) is 57.5 Å². The van der Waals surface area contributed by atoms with Crippen LogP contribution >= 0.6 is 0 Å². The van der Waals surface area contributed by atoms with Gasteiger partial charge < -0.3 is 10.2 Å². The molecule has 0 aliphatic heterocycles. The minimum absolute atomic E-state index is 1.50. The monoisotopic (exact) mass is 202 g/mol. The molecular weight excluding hydrogens is 196 g/mol. The van der Waals surface area contributed by atoms with Gasteiger partial charge in [-0.15, -0.1) is 0 Å². The van der Waals surface area contributed by atoms with Gasteiger partial charge in [-0.3, -0.25) is 4.79 Å². The molecule has 0 saturated heterocycles. The van der Waals surface area contributed by atoms with Crippen molar-refractivity contribution >= 4 is 5.97 Å². The zero-order valence-electron chi connectivity index (χ0n) is 6.23. The van der Waals surface area contributed by atoms with Gasteiger partial charge in [-0.05, 0) is 0 Å². The first-order chi connectivity index (χ1) is 5.71. The molecule has 0 spiro atoms. The zero-order chi connectivity index (χ0) is 10.5. The third kappa shape index (κ3) is 0.903. The Balaban J connectivity index is 3.04. The van der Waals surface area contributed by atoms with Crippen molar-refractivity contribution in [3.8, 4) is 0 Å². The van der Waals surface area contributed by atoms with Gasteiger partial charge >= 0.3 is 17.8 Å². The molecule has 13 heavy (non-hydrogen) atoms. The normalized spacial score (nSPS) is 35.2. The lowest BCUT2D eigenvalue weighted by Crippen LogP contribution is -2.71. The van der Waals surface area contributed by atoms with E-state index in [2.05, 4.69) is 0 Å². The Morgan fingerprint density at radius 3 is 1.85 bits per heavy atom. The van der Waals surface area contributed by atoms with Crippen LogP contribution in [-0.4, -0.2) is 34.6 Å². The lowest BCUT2D eigenvalue weighted by Gasteiger charge is -2.49. The van der Waals surface area contributed by atoms with Crippen LogP contribution in [-0.2, 0) is 4.79 Å². The summed E-state index contributed by atoms with van der Waals surface area (Å²) in [6.45, 7) is -1.50. The van der Waals surface area contributed by atoms with E-state index < -0.39 is 36.3 Å². The van der Waals surface area contributed by atoms with Crippen LogP contribution in [0.15, 0.2) is 0 Å². The number of aliphatic hydroxyl groups is 1. The van der Waals surface area contributed by atoms with Crippen molar-refractivity contribution in [1.82, 2.24) is 0 Å². The molecule has 7 heteroatoms. The third-order valence-electron chi connectivity index (χ3n) is 2.26. The van der Waals surface area contributed by atoms with Crippen LogP contribution in [0.5, 0.6) is 0 Å². The standard InChI is InChI=1S/C6H6F4O3/c7-5(8)1-4(2-11,3(12)13)6(5,9)10/h11H,1-2H2,(H,12,13). The Kier molecular flexibility index (Phi) is 1.84. The minimum Gasteiger partial charge on any atom is -0.481 e. The Morgan fingerprint density at radius 2 is 1.77 bits per heavy atom. The number of rotatable bonds is 2. The fourth-order valence-corrected chi connectivity index (χ4v) is 1.28. The van der Waals surface area contributed by atoms with Crippen LogP contribution in [0.25, 0.3) is 0 Å². The molecule has 76 valence electrons. The molecule has 0 aromatic heterocycles. The molecule has 1 aliphatic carbocycles. The molecule has 1 aliphatic rings. The van der Waals surface area contributed by atoms with Crippen LogP contribution in [0.1, 0.15) is 6.42 Å². The van der Waals surface area contributed by atoms with E-state index in [-0.39, 0.29) is 0 Å². The van der Waals surface area contributed by atoms with Gasteiger partial charge in [0.2, 0.25) is 0 Å². The van der Waals surface area contributed by atoms with E-state index in [9.17, 15) is 22.4 Å². The van der Waals surface area contributed by atoms with E-state index in [0.29, 0.717) is 0 Å². The van der Waals surface area contributed by atoms with Crippen LogP contribution in [0.2, 0.25) is 0 Å². The summed E-state index contributed by atoms with van der Waals surface area (Å²) in [5.41, 5.74) is -3.02. The fourth-order valence-electron chi connectivity index (χ4n) is 1.28. The number of alkyl halides is 4. The molecule has 1 atom stereocenters. The number of aliphatic carboxylic acids is 1. The summed E-state index contributed by atoms with van der Waals surface area (Å²) in [6, 6.07) is 0. The number of halogens is 4. The summed E-state index contributed by atoms with van der Waals surface area (Å²) in [4.78, 5) is 10.3. The van der Waals surface area contributed by atoms with Crippen molar-refractivity contribution in [2.75, 3.05) is 6.61 Å². The van der Waals surface area contributed by atoms with Crippen molar-refractivity contribution < 1.29 is 32.6 Å². The van der Waals surface area contributed by atoms with Crippen molar-refractivity contribution in [3.05, 3.63) is 0 Å². The highest BCUT2D eigenvalue weighted by Crippen LogP contribution is 2.63. The highest BCUT2D eigenvalue weighted by atomic mass is 19.3. The van der Waals surface area contributed by atoms with E-state index >= 15 is 0 Å². The maximum atomic E-state index is 12.6. The lowest BCUT2D eigenvalue weighted by molar-refractivity contribution is -0.355. The summed E-state index contributed by atoms with van der Waals surface area (Å²) >= 11 is 0. The van der Waals surface area contributed by atoms with Crippen molar-refractivity contribution in [2.24, 2.45) is 5.41 Å². The van der Waals surface area contributed by atoms with Gasteiger partial charge in [0.1, 0.15) is 0 Å². The number of hydrogen-bond donors (Lipinski definition) is 2. The van der Waals surface area contributed by atoms with Gasteiger partial charge in [-0.25, -0.2) is 0 Å². The maximum absolute atomic E-state index is 12.6. The summed E-state index contributed by atoms with van der Waals surface area (Å²) in [5.74, 6) is -11.1. The number of carboxylic acid groups (broad SMARTS) is 1. The van der Waals surface area contributed by atoms with Gasteiger partial charge in [0.05, 0.1) is 6.61 Å². The first kappa shape index (κ1) is 10.2. The van der Waals surface area contributed by atoms with Gasteiger partial charge in [-0.1, -0.05) is 0 Å². The van der Waals surface area contributed by atoms with Crippen molar-refractivity contribution in [1.29, 1.82) is 0 Å². The van der Waals surface area contributed by atoms with Crippen LogP contribution in [0.3, 0.4) is 0 Å². The van der Waals surface area contributed by atoms with E-state index in [1.54, 1.807) is 0 Å². The summed E-state index contributed by atoms with van der Waals surface area (Å²) in [6.07, 6.45) is -1.53. The molecule has 2 N–H and O–H groups in total. The summed E-state index contributed by atoms with van der Waals surface area (Å²) in [5, 5.41) is 16.7. The number of carbonyl (C=O) groups is 1. The van der Waals surface area contributed by atoms with Gasteiger partial charge in [-0.2, -0.15) is 17.6 Å². The first-order valence-electron chi connectivity index (χ1n) is 3.31. The quantitative estimate of drug-likeness (QED) is 0.649. The number of aliphatic hydroxyl groups excluding tert-OH is 1. The molecule has 1 rings (SSSR count). The molecule has 1 fully saturated rings. The Morgan fingerprint density at radius 1 is 1.31 bits per heavy atom. The molecule has 0 amide bonds. The van der Waals surface area contributed by atoms with Gasteiger partial charge in [0, 0.05) is 6.42 Å². The average Bonchev–Trinajstić information content (AvgIpc) is 1.98. The largest absolute Gasteiger partial charge is 0.481 e. The molecule has 1 saturated carbocycles. The van der Waals surface area contributed by atoms with Gasteiger partial charge in [0.15, 0.2) is 5.41 Å². The lowest BCUT2D eigenvalue weighted by atomic mass is 9.62. The first-order valence-corrected chi connectivity index (χ1v) is 3.31. The molecule has 3 nitrogen and oxygen atoms in total. The molecule has 0 heterocycles. The smallest absolute Gasteiger partial charge is 0.328 e. The third-order valence-corrected chi connectivity index (χ3v) is 2.26. The SMILES string of the molecule is O=C(O)C1(CO)CC(F)(F)C1(F)F. The molecule has 0 aromatic rings. The second kappa shape index (κ2) is 2.34. The second-order valence-corrected chi connectivity index (χ2v) is 3.00. The van der Waals surface area contributed by atoms with E-state index in [0.717, 1.165) is 0 Å². The molecule has 1 unspecified atom stereocenters. The predicted molar refractivity (Wildman–Crippen MR) is 31.7 cm³/mol. The Labute approximate surface area is 70.0 Å². The van der Waals surface area contributed by atoms with Crippen LogP contribution in [0.4, 0.5) is 17.6 Å². The highest BCUT2D eigenvalue weighted by molar-refractivity contribution is 5.78. The number of hydrogen-bond acceptors (Lipinski definition) is 2. The Hall–Kier alpha value is -0.850. The summed E-state index contributed by atoms with van der Waals surface area (Å²) in [7, 11) is 0. The zero-order valence-corrected chi connectivity index (χ0v) is 6.23. The molecular formula is C6H6F4O3. The van der Waals surface area contributed by atoms with Crippen LogP contribution in [0, 0.1) is 5.41 Å². The van der Waals surface area contributed by atoms with E-state index in [4.69, 9.17) is 10.2 Å². The van der Waals surface area contributed by atoms with E-state index in [1.165, 1.54) is 0 Å². The number of carboxylic acids is 1. The molecule has 0 aromatic carbocycles. The van der Waals surface area contributed by atoms with Crippen LogP contribution < -0.4 is 0 Å². The minimum atomic E-state index is -4.68. The maximum Gasteiger partial charge on any atom is 0.328 e. The highest BCUT2D eigenvalue weighted by Gasteiger charge is 2.83.